The zero-order valence-corrected chi connectivity index (χ0v) is 14.4. The fraction of sp³-hybridized carbons (Fsp3) is 0.526. The van der Waals surface area contributed by atoms with E-state index in [9.17, 15) is 4.79 Å². The van der Waals surface area contributed by atoms with E-state index in [1.165, 1.54) is 11.1 Å². The Morgan fingerprint density at radius 3 is 2.18 bits per heavy atom. The Hall–Kier alpha value is -1.77. The maximum Gasteiger partial charge on any atom is 0.330 e. The summed E-state index contributed by atoms with van der Waals surface area (Å²) in [6, 6.07) is 6.37. The summed E-state index contributed by atoms with van der Waals surface area (Å²) in [5.41, 5.74) is 4.53. The Morgan fingerprint density at radius 1 is 1.09 bits per heavy atom. The monoisotopic (exact) mass is 300 g/mol. The number of rotatable bonds is 6. The predicted octanol–water partition coefficient (Wildman–Crippen LogP) is 4.76. The van der Waals surface area contributed by atoms with Crippen molar-refractivity contribution in [3.05, 3.63) is 51.7 Å². The Labute approximate surface area is 133 Å². The van der Waals surface area contributed by atoms with Crippen LogP contribution in [0.1, 0.15) is 76.1 Å². The van der Waals surface area contributed by atoms with E-state index in [1.807, 2.05) is 10.8 Å². The highest BCUT2D eigenvalue weighted by molar-refractivity contribution is 5.51. The summed E-state index contributed by atoms with van der Waals surface area (Å²) in [5, 5.41) is 0. The van der Waals surface area contributed by atoms with Gasteiger partial charge in [-0.25, -0.2) is 4.79 Å². The highest BCUT2D eigenvalue weighted by atomic mass is 16.1. The molecule has 22 heavy (non-hydrogen) atoms. The van der Waals surface area contributed by atoms with Crippen molar-refractivity contribution in [2.45, 2.75) is 65.7 Å². The molecule has 1 N–H and O–H groups in total. The molecule has 0 atom stereocenters. The SMILES string of the molecule is CCCCc1cn(-c2c(C(C)C)cccc2C(C)C)c(=O)[nH]1. The summed E-state index contributed by atoms with van der Waals surface area (Å²) in [4.78, 5) is 15.5. The maximum absolute atomic E-state index is 12.5. The summed E-state index contributed by atoms with van der Waals surface area (Å²) in [5.74, 6) is 0.768. The molecule has 1 aromatic carbocycles. The fourth-order valence-electron chi connectivity index (χ4n) is 2.89. The molecule has 0 spiro atoms. The smallest absolute Gasteiger partial charge is 0.310 e. The first-order valence-electron chi connectivity index (χ1n) is 8.39. The number of hydrogen-bond donors (Lipinski definition) is 1. The van der Waals surface area contributed by atoms with E-state index in [1.54, 1.807) is 0 Å². The third-order valence-corrected chi connectivity index (χ3v) is 4.15. The second kappa shape index (κ2) is 6.99. The second-order valence-electron chi connectivity index (χ2n) is 6.65. The van der Waals surface area contributed by atoms with E-state index >= 15 is 0 Å². The van der Waals surface area contributed by atoms with E-state index in [0.29, 0.717) is 11.8 Å². The summed E-state index contributed by atoms with van der Waals surface area (Å²) >= 11 is 0. The lowest BCUT2D eigenvalue weighted by atomic mass is 9.92. The Bertz CT molecular complexity index is 651. The summed E-state index contributed by atoms with van der Waals surface area (Å²) in [7, 11) is 0. The molecule has 3 heteroatoms. The number of aromatic amines is 1. The molecule has 0 saturated carbocycles. The zero-order chi connectivity index (χ0) is 16.3. The molecule has 0 amide bonds. The third kappa shape index (κ3) is 3.34. The van der Waals surface area contributed by atoms with Crippen LogP contribution in [0.3, 0.4) is 0 Å². The number of H-pyrrole nitrogens is 1. The third-order valence-electron chi connectivity index (χ3n) is 4.15. The molecule has 0 radical (unpaired) electrons. The topological polar surface area (TPSA) is 37.8 Å². The van der Waals surface area contributed by atoms with Crippen LogP contribution in [-0.4, -0.2) is 9.55 Å². The molecule has 0 aliphatic heterocycles. The Morgan fingerprint density at radius 2 is 1.68 bits per heavy atom. The van der Waals surface area contributed by atoms with Gasteiger partial charge in [0.2, 0.25) is 0 Å². The molecule has 0 aliphatic rings. The van der Waals surface area contributed by atoms with Crippen LogP contribution in [0.15, 0.2) is 29.2 Å². The number of hydrogen-bond acceptors (Lipinski definition) is 1. The highest BCUT2D eigenvalue weighted by Crippen LogP contribution is 2.30. The van der Waals surface area contributed by atoms with Crippen molar-refractivity contribution in [2.24, 2.45) is 0 Å². The first-order valence-corrected chi connectivity index (χ1v) is 8.39. The average molecular weight is 300 g/mol. The molecule has 1 heterocycles. The van der Waals surface area contributed by atoms with Gasteiger partial charge in [0.15, 0.2) is 0 Å². The molecule has 2 aromatic rings. The van der Waals surface area contributed by atoms with E-state index in [4.69, 9.17) is 0 Å². The van der Waals surface area contributed by atoms with E-state index < -0.39 is 0 Å². The number of nitrogens with one attached hydrogen (secondary N) is 1. The lowest BCUT2D eigenvalue weighted by Gasteiger charge is -2.19. The normalized spacial score (nSPS) is 11.6. The highest BCUT2D eigenvalue weighted by Gasteiger charge is 2.17. The fourth-order valence-corrected chi connectivity index (χ4v) is 2.89. The lowest BCUT2D eigenvalue weighted by molar-refractivity contribution is 0.779. The summed E-state index contributed by atoms with van der Waals surface area (Å²) in [6.45, 7) is 10.9. The van der Waals surface area contributed by atoms with E-state index in [2.05, 4.69) is 57.8 Å². The van der Waals surface area contributed by atoms with Gasteiger partial charge in [-0.2, -0.15) is 0 Å². The molecule has 0 saturated heterocycles. The van der Waals surface area contributed by atoms with Crippen LogP contribution in [0.25, 0.3) is 5.69 Å². The molecule has 0 fully saturated rings. The van der Waals surface area contributed by atoms with Gasteiger partial charge in [-0.15, -0.1) is 0 Å². The van der Waals surface area contributed by atoms with Crippen molar-refractivity contribution >= 4 is 0 Å². The minimum atomic E-state index is -0.0268. The second-order valence-corrected chi connectivity index (χ2v) is 6.65. The number of para-hydroxylation sites is 1. The van der Waals surface area contributed by atoms with Gasteiger partial charge in [0, 0.05) is 11.9 Å². The van der Waals surface area contributed by atoms with Gasteiger partial charge < -0.3 is 4.98 Å². The zero-order valence-electron chi connectivity index (χ0n) is 14.4. The van der Waals surface area contributed by atoms with Gasteiger partial charge in [0.25, 0.3) is 0 Å². The number of benzene rings is 1. The van der Waals surface area contributed by atoms with Gasteiger partial charge >= 0.3 is 5.69 Å². The maximum atomic E-state index is 12.5. The molecule has 1 aromatic heterocycles. The quantitative estimate of drug-likeness (QED) is 0.821. The molecule has 0 bridgehead atoms. The molecular formula is C19H28N2O. The van der Waals surface area contributed by atoms with Gasteiger partial charge in [0.1, 0.15) is 0 Å². The average Bonchev–Trinajstić information content (AvgIpc) is 2.84. The number of aryl methyl sites for hydroxylation is 1. The molecular weight excluding hydrogens is 272 g/mol. The van der Waals surface area contributed by atoms with Crippen LogP contribution in [0.4, 0.5) is 0 Å². The van der Waals surface area contributed by atoms with Crippen molar-refractivity contribution in [3.8, 4) is 5.69 Å². The first-order chi connectivity index (χ1) is 10.5. The lowest BCUT2D eigenvalue weighted by Crippen LogP contribution is -2.18. The molecule has 120 valence electrons. The van der Waals surface area contributed by atoms with Crippen LogP contribution < -0.4 is 5.69 Å². The minimum absolute atomic E-state index is 0.0268. The van der Waals surface area contributed by atoms with Crippen molar-refractivity contribution in [1.82, 2.24) is 9.55 Å². The first kappa shape index (κ1) is 16.6. The number of nitrogens with zero attached hydrogens (tertiary/aromatic N) is 1. The van der Waals surface area contributed by atoms with Gasteiger partial charge in [-0.05, 0) is 35.8 Å². The van der Waals surface area contributed by atoms with Crippen LogP contribution >= 0.6 is 0 Å². The predicted molar refractivity (Wildman–Crippen MR) is 93.2 cm³/mol. The van der Waals surface area contributed by atoms with Gasteiger partial charge in [-0.1, -0.05) is 59.2 Å². The van der Waals surface area contributed by atoms with Gasteiger partial charge in [0.05, 0.1) is 5.69 Å². The summed E-state index contributed by atoms with van der Waals surface area (Å²) < 4.78 is 1.82. The largest absolute Gasteiger partial charge is 0.330 e. The van der Waals surface area contributed by atoms with Gasteiger partial charge in [-0.3, -0.25) is 4.57 Å². The van der Waals surface area contributed by atoms with E-state index in [0.717, 1.165) is 30.6 Å². The standard InChI is InChI=1S/C19H28N2O/c1-6-7-9-15-12-21(19(22)20-15)18-16(13(2)3)10-8-11-17(18)14(4)5/h8,10-14H,6-7,9H2,1-5H3,(H,20,22). The van der Waals surface area contributed by atoms with Crippen molar-refractivity contribution in [1.29, 1.82) is 0 Å². The van der Waals surface area contributed by atoms with Crippen LogP contribution in [0, 0.1) is 0 Å². The Balaban J connectivity index is 2.60. The van der Waals surface area contributed by atoms with Crippen molar-refractivity contribution < 1.29 is 0 Å². The molecule has 3 nitrogen and oxygen atoms in total. The van der Waals surface area contributed by atoms with Crippen LogP contribution in [-0.2, 0) is 6.42 Å². The van der Waals surface area contributed by atoms with Crippen LogP contribution in [0.2, 0.25) is 0 Å². The number of aromatic nitrogens is 2. The Kier molecular flexibility index (Phi) is 5.28. The molecule has 0 aliphatic carbocycles. The molecule has 0 unspecified atom stereocenters. The van der Waals surface area contributed by atoms with Crippen molar-refractivity contribution in [3.63, 3.8) is 0 Å². The number of unbranched alkanes of at least 4 members (excludes halogenated alkanes) is 1. The number of imidazole rings is 1. The molecule has 2 rings (SSSR count). The van der Waals surface area contributed by atoms with Crippen LogP contribution in [0.5, 0.6) is 0 Å². The van der Waals surface area contributed by atoms with E-state index in [-0.39, 0.29) is 5.69 Å². The minimum Gasteiger partial charge on any atom is -0.310 e. The van der Waals surface area contributed by atoms with Crippen molar-refractivity contribution in [2.75, 3.05) is 0 Å². The summed E-state index contributed by atoms with van der Waals surface area (Å²) in [6.07, 6.45) is 5.15.